The van der Waals surface area contributed by atoms with Gasteiger partial charge in [0.15, 0.2) is 12.4 Å². The van der Waals surface area contributed by atoms with Crippen LogP contribution in [0.5, 0.6) is 5.75 Å². The van der Waals surface area contributed by atoms with Crippen molar-refractivity contribution in [2.45, 2.75) is 13.0 Å². The third-order valence-corrected chi connectivity index (χ3v) is 7.10. The Morgan fingerprint density at radius 1 is 0.909 bits per heavy atom. The lowest BCUT2D eigenvalue weighted by Crippen LogP contribution is -2.61. The zero-order chi connectivity index (χ0) is 22.8. The van der Waals surface area contributed by atoms with Crippen molar-refractivity contribution < 1.29 is 9.90 Å². The van der Waals surface area contributed by atoms with Gasteiger partial charge in [-0.05, 0) is 49.4 Å². The summed E-state index contributed by atoms with van der Waals surface area (Å²) in [7, 11) is 0. The Morgan fingerprint density at radius 2 is 1.58 bits per heavy atom. The van der Waals surface area contributed by atoms with Crippen molar-refractivity contribution in [2.24, 2.45) is 0 Å². The van der Waals surface area contributed by atoms with E-state index < -0.39 is 0 Å². The maximum atomic E-state index is 12.6. The number of anilines is 1. The van der Waals surface area contributed by atoms with E-state index in [4.69, 9.17) is 0 Å². The van der Waals surface area contributed by atoms with Crippen LogP contribution in [0, 0.1) is 0 Å². The predicted molar refractivity (Wildman–Crippen MR) is 133 cm³/mol. The lowest BCUT2D eigenvalue weighted by molar-refractivity contribution is 0.0900. The molecule has 5 rings (SSSR count). The normalized spacial score (nSPS) is 21.8. The number of phenols is 1. The van der Waals surface area contributed by atoms with Crippen LogP contribution in [0.1, 0.15) is 17.3 Å². The van der Waals surface area contributed by atoms with Gasteiger partial charge in [0, 0.05) is 37.9 Å². The van der Waals surface area contributed by atoms with E-state index >= 15 is 0 Å². The maximum Gasteiger partial charge on any atom is 0.261 e. The number of amides is 1. The molecular weight excluding hydrogens is 412 g/mol. The fraction of sp³-hybridized carbons (Fsp3) is 0.296. The average Bonchev–Trinajstić information content (AvgIpc) is 2.87. The fourth-order valence-electron chi connectivity index (χ4n) is 5.29. The molecule has 1 saturated heterocycles. The number of nitrogens with zero attached hydrogens (tertiary/aromatic N) is 3. The summed E-state index contributed by atoms with van der Waals surface area (Å²) in [5, 5.41) is 12.7. The first-order chi connectivity index (χ1) is 16.1. The molecule has 1 fully saturated rings. The molecule has 3 aromatic rings. The molecule has 2 heterocycles. The number of hydrogen-bond acceptors (Lipinski definition) is 4. The molecule has 2 unspecified atom stereocenters. The molecule has 0 bridgehead atoms. The van der Waals surface area contributed by atoms with E-state index in [2.05, 4.69) is 52.4 Å². The number of para-hydroxylation sites is 2. The minimum Gasteiger partial charge on any atom is -0.508 e. The topological polar surface area (TPSA) is 55.8 Å². The third kappa shape index (κ3) is 4.08. The Kier molecular flexibility index (Phi) is 5.79. The molecule has 170 valence electrons. The molecule has 2 N–H and O–H groups in total. The number of carbonyl (C=O) groups excluding carboxylic acids is 1. The lowest BCUT2D eigenvalue weighted by atomic mass is 10.0. The lowest BCUT2D eigenvalue weighted by Gasteiger charge is -2.46. The van der Waals surface area contributed by atoms with E-state index in [1.807, 2.05) is 36.4 Å². The summed E-state index contributed by atoms with van der Waals surface area (Å²) in [6.07, 6.45) is 0. The standard InChI is InChI=1S/C27H30N4O2/c1-21(29-15-17-30(18-16-29)22-11-13-24(32)14-12-22)19-31(23-7-3-2-4-8-23)20-28-27(33)25-9-5-6-10-26(25)31/h2-14,21H,15-20H2,1H3,(H-,28,32,33)/p+1. The number of carbonyl (C=O) groups is 1. The zero-order valence-electron chi connectivity index (χ0n) is 19.0. The second kappa shape index (κ2) is 8.89. The predicted octanol–water partition coefficient (Wildman–Crippen LogP) is 3.94. The summed E-state index contributed by atoms with van der Waals surface area (Å²) in [6.45, 7) is 7.59. The molecule has 33 heavy (non-hydrogen) atoms. The van der Waals surface area contributed by atoms with Gasteiger partial charge in [-0.2, -0.15) is 0 Å². The number of phenolic OH excluding ortho intramolecular Hbond substituents is 1. The van der Waals surface area contributed by atoms with Crippen LogP contribution in [-0.2, 0) is 0 Å². The highest BCUT2D eigenvalue weighted by Crippen LogP contribution is 2.39. The molecule has 2 atom stereocenters. The van der Waals surface area contributed by atoms with E-state index in [9.17, 15) is 9.90 Å². The number of hydrogen-bond donors (Lipinski definition) is 2. The largest absolute Gasteiger partial charge is 0.508 e. The molecule has 1 amide bonds. The Morgan fingerprint density at radius 3 is 2.30 bits per heavy atom. The molecule has 3 aromatic carbocycles. The number of quaternary nitrogens is 1. The summed E-state index contributed by atoms with van der Waals surface area (Å²) < 4.78 is 0.613. The van der Waals surface area contributed by atoms with E-state index in [-0.39, 0.29) is 5.91 Å². The Bertz CT molecular complexity index is 1110. The zero-order valence-corrected chi connectivity index (χ0v) is 19.0. The monoisotopic (exact) mass is 443 g/mol. The average molecular weight is 444 g/mol. The number of benzene rings is 3. The van der Waals surface area contributed by atoms with Crippen molar-refractivity contribution in [3.05, 3.63) is 84.4 Å². The van der Waals surface area contributed by atoms with Gasteiger partial charge >= 0.3 is 0 Å². The maximum absolute atomic E-state index is 12.6. The van der Waals surface area contributed by atoms with E-state index in [0.29, 0.717) is 22.9 Å². The summed E-state index contributed by atoms with van der Waals surface area (Å²) in [4.78, 5) is 17.6. The van der Waals surface area contributed by atoms with Crippen LogP contribution >= 0.6 is 0 Å². The molecule has 2 aliphatic rings. The molecule has 0 radical (unpaired) electrons. The van der Waals surface area contributed by atoms with Crippen LogP contribution in [0.3, 0.4) is 0 Å². The Balaban J connectivity index is 1.38. The first-order valence-electron chi connectivity index (χ1n) is 11.7. The number of piperazine rings is 1. The third-order valence-electron chi connectivity index (χ3n) is 7.10. The first-order valence-corrected chi connectivity index (χ1v) is 11.7. The van der Waals surface area contributed by atoms with Gasteiger partial charge in [-0.3, -0.25) is 9.69 Å². The molecule has 6 heteroatoms. The van der Waals surface area contributed by atoms with Gasteiger partial charge in [-0.25, -0.2) is 4.48 Å². The number of fused-ring (bicyclic) bond motifs is 1. The second-order valence-corrected chi connectivity index (χ2v) is 9.06. The van der Waals surface area contributed by atoms with Gasteiger partial charge < -0.3 is 15.3 Å². The Labute approximate surface area is 195 Å². The molecule has 0 aliphatic carbocycles. The van der Waals surface area contributed by atoms with Gasteiger partial charge in [-0.1, -0.05) is 30.3 Å². The van der Waals surface area contributed by atoms with E-state index in [1.165, 1.54) is 5.69 Å². The summed E-state index contributed by atoms with van der Waals surface area (Å²) in [5.74, 6) is 0.306. The van der Waals surface area contributed by atoms with Crippen LogP contribution in [-0.4, -0.2) is 61.3 Å². The molecular formula is C27H31N4O2+. The number of aromatic hydroxyl groups is 1. The van der Waals surface area contributed by atoms with Crippen molar-refractivity contribution in [3.63, 3.8) is 0 Å². The van der Waals surface area contributed by atoms with Gasteiger partial charge in [0.25, 0.3) is 5.91 Å². The fourth-order valence-corrected chi connectivity index (χ4v) is 5.29. The summed E-state index contributed by atoms with van der Waals surface area (Å²) in [5.41, 5.74) is 4.18. The van der Waals surface area contributed by atoms with Crippen molar-refractivity contribution in [1.29, 1.82) is 0 Å². The molecule has 6 nitrogen and oxygen atoms in total. The molecule has 2 aliphatic heterocycles. The smallest absolute Gasteiger partial charge is 0.261 e. The Hall–Kier alpha value is -3.35. The highest BCUT2D eigenvalue weighted by atomic mass is 16.3. The highest BCUT2D eigenvalue weighted by molar-refractivity contribution is 6.01. The minimum atomic E-state index is 0.00504. The van der Waals surface area contributed by atoms with Crippen molar-refractivity contribution in [1.82, 2.24) is 14.7 Å². The van der Waals surface area contributed by atoms with Crippen LogP contribution in [0.25, 0.3) is 0 Å². The van der Waals surface area contributed by atoms with Crippen molar-refractivity contribution >= 4 is 23.0 Å². The molecule has 0 spiro atoms. The first kappa shape index (κ1) is 21.5. The summed E-state index contributed by atoms with van der Waals surface area (Å²) >= 11 is 0. The SMILES string of the molecule is CC(C[N+]1(c2ccccc2)CNC(=O)c2ccccc21)N1CCN(c2ccc(O)cc2)CC1. The van der Waals surface area contributed by atoms with Crippen LogP contribution < -0.4 is 14.7 Å². The van der Waals surface area contributed by atoms with Crippen LogP contribution in [0.15, 0.2) is 78.9 Å². The van der Waals surface area contributed by atoms with E-state index in [1.54, 1.807) is 12.1 Å². The second-order valence-electron chi connectivity index (χ2n) is 9.06. The van der Waals surface area contributed by atoms with Gasteiger partial charge in [0.1, 0.15) is 23.5 Å². The number of nitrogens with one attached hydrogen (secondary N) is 1. The molecule has 0 saturated carbocycles. The van der Waals surface area contributed by atoms with Crippen molar-refractivity contribution in [2.75, 3.05) is 44.3 Å². The summed E-state index contributed by atoms with van der Waals surface area (Å²) in [6, 6.07) is 26.4. The van der Waals surface area contributed by atoms with Crippen LogP contribution in [0.2, 0.25) is 0 Å². The van der Waals surface area contributed by atoms with E-state index in [0.717, 1.165) is 49.7 Å². The number of rotatable bonds is 5. The van der Waals surface area contributed by atoms with Crippen molar-refractivity contribution in [3.8, 4) is 5.75 Å². The van der Waals surface area contributed by atoms with Gasteiger partial charge in [0.05, 0.1) is 6.04 Å². The van der Waals surface area contributed by atoms with Gasteiger partial charge in [-0.15, -0.1) is 0 Å². The highest BCUT2D eigenvalue weighted by Gasteiger charge is 2.43. The van der Waals surface area contributed by atoms with Crippen LogP contribution in [0.4, 0.5) is 17.1 Å². The van der Waals surface area contributed by atoms with Gasteiger partial charge in [0.2, 0.25) is 0 Å². The quantitative estimate of drug-likeness (QED) is 0.587. The minimum absolute atomic E-state index is 0.00504. The molecule has 0 aromatic heterocycles.